The van der Waals surface area contributed by atoms with Gasteiger partial charge in [-0.2, -0.15) is 10.2 Å². The highest BCUT2D eigenvalue weighted by Gasteiger charge is 2.08. The molecule has 0 saturated carbocycles. The summed E-state index contributed by atoms with van der Waals surface area (Å²) >= 11 is 0. The van der Waals surface area contributed by atoms with Crippen molar-refractivity contribution in [1.82, 2.24) is 10.9 Å². The molecule has 0 bridgehead atoms. The fourth-order valence-corrected chi connectivity index (χ4v) is 2.56. The van der Waals surface area contributed by atoms with E-state index in [2.05, 4.69) is 21.1 Å². The Bertz CT molecular complexity index is 759. The summed E-state index contributed by atoms with van der Waals surface area (Å²) < 4.78 is 0. The second-order valence-electron chi connectivity index (χ2n) is 6.13. The van der Waals surface area contributed by atoms with Crippen LogP contribution in [0.5, 0.6) is 0 Å². The van der Waals surface area contributed by atoms with Crippen LogP contribution in [0.3, 0.4) is 0 Å². The highest BCUT2D eigenvalue weighted by molar-refractivity contribution is 6.01. The second-order valence-corrected chi connectivity index (χ2v) is 6.13. The van der Waals surface area contributed by atoms with Crippen molar-refractivity contribution in [3.8, 4) is 0 Å². The van der Waals surface area contributed by atoms with Gasteiger partial charge < -0.3 is 0 Å². The zero-order valence-corrected chi connectivity index (χ0v) is 16.3. The molecule has 2 aromatic carbocycles. The fraction of sp³-hybridized carbons (Fsp3) is 0.273. The molecule has 0 aliphatic heterocycles. The summed E-state index contributed by atoms with van der Waals surface area (Å²) in [6.07, 6.45) is 1.48. The summed E-state index contributed by atoms with van der Waals surface area (Å²) in [7, 11) is 0. The highest BCUT2D eigenvalue weighted by atomic mass is 16.2. The maximum absolute atomic E-state index is 12.0. The number of rotatable bonds is 9. The van der Waals surface area contributed by atoms with E-state index in [1.165, 1.54) is 0 Å². The van der Waals surface area contributed by atoms with E-state index in [-0.39, 0.29) is 24.7 Å². The minimum Gasteiger partial charge on any atom is -0.273 e. The van der Waals surface area contributed by atoms with Crippen molar-refractivity contribution in [1.29, 1.82) is 0 Å². The summed E-state index contributed by atoms with van der Waals surface area (Å²) in [6.45, 7) is 3.95. The van der Waals surface area contributed by atoms with Crippen molar-refractivity contribution in [3.05, 3.63) is 71.8 Å². The minimum absolute atomic E-state index is 0.0451. The van der Waals surface area contributed by atoms with Crippen LogP contribution in [-0.2, 0) is 9.59 Å². The van der Waals surface area contributed by atoms with E-state index in [0.29, 0.717) is 12.8 Å². The molecule has 0 fully saturated rings. The SMILES string of the molecule is CC/C(=N/NC(=O)CCC(=O)N/N=C(\CC)c1ccccc1)c1ccccc1. The molecule has 2 N–H and O–H groups in total. The number of hydrogen-bond donors (Lipinski definition) is 2. The van der Waals surface area contributed by atoms with Gasteiger partial charge in [-0.05, 0) is 24.0 Å². The molecule has 0 atom stereocenters. The second kappa shape index (κ2) is 11.4. The first-order valence-electron chi connectivity index (χ1n) is 9.45. The first-order chi connectivity index (χ1) is 13.6. The lowest BCUT2D eigenvalue weighted by Gasteiger charge is -2.06. The molecule has 0 heterocycles. The molecule has 0 radical (unpaired) electrons. The summed E-state index contributed by atoms with van der Waals surface area (Å²) in [5.41, 5.74) is 8.55. The van der Waals surface area contributed by atoms with Crippen molar-refractivity contribution < 1.29 is 9.59 Å². The van der Waals surface area contributed by atoms with Crippen LogP contribution >= 0.6 is 0 Å². The third-order valence-electron chi connectivity index (χ3n) is 4.09. The molecule has 6 heteroatoms. The van der Waals surface area contributed by atoms with Crippen molar-refractivity contribution in [2.24, 2.45) is 10.2 Å². The number of hydrogen-bond acceptors (Lipinski definition) is 4. The van der Waals surface area contributed by atoms with Crippen LogP contribution in [-0.4, -0.2) is 23.2 Å². The van der Waals surface area contributed by atoms with Gasteiger partial charge in [-0.3, -0.25) is 9.59 Å². The smallest absolute Gasteiger partial charge is 0.240 e. The van der Waals surface area contributed by atoms with Crippen molar-refractivity contribution in [2.45, 2.75) is 39.5 Å². The molecule has 2 amide bonds. The van der Waals surface area contributed by atoms with Crippen LogP contribution < -0.4 is 10.9 Å². The lowest BCUT2D eigenvalue weighted by Crippen LogP contribution is -2.24. The van der Waals surface area contributed by atoms with Crippen LogP contribution in [0.25, 0.3) is 0 Å². The average Bonchev–Trinajstić information content (AvgIpc) is 2.74. The Labute approximate surface area is 165 Å². The van der Waals surface area contributed by atoms with Gasteiger partial charge in [0, 0.05) is 12.8 Å². The molecule has 0 aliphatic carbocycles. The van der Waals surface area contributed by atoms with E-state index < -0.39 is 0 Å². The molecule has 6 nitrogen and oxygen atoms in total. The molecule has 28 heavy (non-hydrogen) atoms. The van der Waals surface area contributed by atoms with Crippen LogP contribution in [0.15, 0.2) is 70.9 Å². The molecular formula is C22H26N4O2. The van der Waals surface area contributed by atoms with Crippen molar-refractivity contribution in [3.63, 3.8) is 0 Å². The number of carbonyl (C=O) groups is 2. The van der Waals surface area contributed by atoms with E-state index in [4.69, 9.17) is 0 Å². The van der Waals surface area contributed by atoms with Crippen LogP contribution in [0.2, 0.25) is 0 Å². The number of benzene rings is 2. The maximum Gasteiger partial charge on any atom is 0.240 e. The van der Waals surface area contributed by atoms with Gasteiger partial charge in [0.25, 0.3) is 0 Å². The van der Waals surface area contributed by atoms with Gasteiger partial charge in [0.2, 0.25) is 11.8 Å². The van der Waals surface area contributed by atoms with Crippen molar-refractivity contribution in [2.75, 3.05) is 0 Å². The largest absolute Gasteiger partial charge is 0.273 e. The maximum atomic E-state index is 12.0. The molecule has 0 aliphatic rings. The topological polar surface area (TPSA) is 82.9 Å². The van der Waals surface area contributed by atoms with Gasteiger partial charge in [0.15, 0.2) is 0 Å². The third kappa shape index (κ3) is 6.79. The predicted molar refractivity (Wildman–Crippen MR) is 112 cm³/mol. The minimum atomic E-state index is -0.306. The van der Waals surface area contributed by atoms with Gasteiger partial charge in [-0.25, -0.2) is 10.9 Å². The highest BCUT2D eigenvalue weighted by Crippen LogP contribution is 2.05. The molecule has 2 aromatic rings. The quantitative estimate of drug-likeness (QED) is 0.516. The van der Waals surface area contributed by atoms with E-state index in [9.17, 15) is 9.59 Å². The zero-order chi connectivity index (χ0) is 20.2. The summed E-state index contributed by atoms with van der Waals surface area (Å²) in [4.78, 5) is 24.0. The Kier molecular flexibility index (Phi) is 8.59. The summed E-state index contributed by atoms with van der Waals surface area (Å²) in [5, 5.41) is 8.35. The predicted octanol–water partition coefficient (Wildman–Crippen LogP) is 3.63. The van der Waals surface area contributed by atoms with Gasteiger partial charge in [0.1, 0.15) is 0 Å². The summed E-state index contributed by atoms with van der Waals surface area (Å²) in [5.74, 6) is -0.612. The Morgan fingerprint density at radius 3 is 1.36 bits per heavy atom. The lowest BCUT2D eigenvalue weighted by atomic mass is 10.1. The van der Waals surface area contributed by atoms with Crippen LogP contribution in [0.1, 0.15) is 50.7 Å². The van der Waals surface area contributed by atoms with Crippen molar-refractivity contribution >= 4 is 23.2 Å². The molecular weight excluding hydrogens is 352 g/mol. The van der Waals surface area contributed by atoms with Crippen LogP contribution in [0.4, 0.5) is 0 Å². The number of nitrogens with zero attached hydrogens (tertiary/aromatic N) is 2. The normalized spacial score (nSPS) is 11.8. The van der Waals surface area contributed by atoms with Gasteiger partial charge in [0.05, 0.1) is 11.4 Å². The molecule has 0 unspecified atom stereocenters. The van der Waals surface area contributed by atoms with E-state index in [0.717, 1.165) is 22.6 Å². The Hall–Kier alpha value is -3.28. The monoisotopic (exact) mass is 378 g/mol. The number of carbonyl (C=O) groups excluding carboxylic acids is 2. The Balaban J connectivity index is 1.82. The first kappa shape index (κ1) is 21.0. The molecule has 0 spiro atoms. The van der Waals surface area contributed by atoms with E-state index in [1.54, 1.807) is 0 Å². The Morgan fingerprint density at radius 2 is 1.04 bits per heavy atom. The molecule has 0 aromatic heterocycles. The molecule has 2 rings (SSSR count). The Morgan fingerprint density at radius 1 is 0.679 bits per heavy atom. The summed E-state index contributed by atoms with van der Waals surface area (Å²) in [6, 6.07) is 19.3. The lowest BCUT2D eigenvalue weighted by molar-refractivity contribution is -0.126. The average molecular weight is 378 g/mol. The zero-order valence-electron chi connectivity index (χ0n) is 16.3. The fourth-order valence-electron chi connectivity index (χ4n) is 2.56. The third-order valence-corrected chi connectivity index (χ3v) is 4.09. The number of hydrazone groups is 2. The number of amides is 2. The molecule has 146 valence electrons. The van der Waals surface area contributed by atoms with Gasteiger partial charge >= 0.3 is 0 Å². The van der Waals surface area contributed by atoms with Gasteiger partial charge in [-0.1, -0.05) is 74.5 Å². The van der Waals surface area contributed by atoms with E-state index >= 15 is 0 Å². The van der Waals surface area contributed by atoms with E-state index in [1.807, 2.05) is 74.5 Å². The standard InChI is InChI=1S/C22H26N4O2/c1-3-19(17-11-7-5-8-12-17)23-25-21(27)15-16-22(28)26-24-20(4-2)18-13-9-6-10-14-18/h5-14H,3-4,15-16H2,1-2H3,(H,25,27)(H,26,28)/b23-19-,24-20+. The first-order valence-corrected chi connectivity index (χ1v) is 9.45. The van der Waals surface area contributed by atoms with Gasteiger partial charge in [-0.15, -0.1) is 0 Å². The molecule has 0 saturated heterocycles. The van der Waals surface area contributed by atoms with Crippen LogP contribution in [0, 0.1) is 0 Å². The number of nitrogens with one attached hydrogen (secondary N) is 2.